The number of H-pyrrole nitrogens is 1. The van der Waals surface area contributed by atoms with Crippen molar-refractivity contribution in [2.24, 2.45) is 0 Å². The number of nitrogens with zero attached hydrogens (tertiary/aromatic N) is 4. The van der Waals surface area contributed by atoms with Gasteiger partial charge in [0.05, 0.1) is 44.6 Å². The molecule has 0 bridgehead atoms. The number of nitrogens with two attached hydrogens (primary N) is 1. The van der Waals surface area contributed by atoms with Gasteiger partial charge in [-0.15, -0.1) is 0 Å². The summed E-state index contributed by atoms with van der Waals surface area (Å²) in [5, 5.41) is 20.7. The number of likely N-dealkylation sites (tertiary alicyclic amines) is 1. The predicted molar refractivity (Wildman–Crippen MR) is 289 cm³/mol. The van der Waals surface area contributed by atoms with Crippen molar-refractivity contribution in [1.82, 2.24) is 35.5 Å². The predicted octanol–water partition coefficient (Wildman–Crippen LogP) is 9.17. The summed E-state index contributed by atoms with van der Waals surface area (Å²) < 4.78 is 0. The van der Waals surface area contributed by atoms with E-state index in [-0.39, 0.29) is 85.1 Å². The monoisotopic (exact) mass is 1080 g/mol. The minimum atomic E-state index is -1.31. The number of ketones is 2. The molecule has 1 aliphatic rings. The van der Waals surface area contributed by atoms with Crippen LogP contribution in [0.15, 0.2) is 113 Å². The molecule has 16 nitrogen and oxygen atoms in total. The Hall–Kier alpha value is -6.95. The fourth-order valence-electron chi connectivity index (χ4n) is 8.50. The summed E-state index contributed by atoms with van der Waals surface area (Å²) in [5.74, 6) is -2.58. The topological polar surface area (TPSA) is 242 Å². The van der Waals surface area contributed by atoms with E-state index in [2.05, 4.69) is 35.9 Å². The van der Waals surface area contributed by atoms with Gasteiger partial charge < -0.3 is 31.7 Å². The molecule has 0 radical (unpaired) electrons. The van der Waals surface area contributed by atoms with E-state index >= 15 is 0 Å². The van der Waals surface area contributed by atoms with Crippen LogP contribution in [-0.4, -0.2) is 90.5 Å². The Morgan fingerprint density at radius 2 is 1.45 bits per heavy atom. The zero-order valence-corrected chi connectivity index (χ0v) is 43.2. The number of fused-ring (bicyclic) bond motifs is 1. The Bertz CT molecular complexity index is 3100. The number of anilines is 2. The molecule has 3 heterocycles. The number of piperidine rings is 1. The maximum Gasteiger partial charge on any atom is 0.326 e. The lowest BCUT2D eigenvalue weighted by Gasteiger charge is -2.34. The second-order valence-corrected chi connectivity index (χ2v) is 19.5. The van der Waals surface area contributed by atoms with Crippen LogP contribution >= 0.6 is 46.4 Å². The van der Waals surface area contributed by atoms with Crippen LogP contribution in [-0.2, 0) is 32.1 Å². The van der Waals surface area contributed by atoms with Gasteiger partial charge in [-0.25, -0.2) is 14.8 Å². The van der Waals surface area contributed by atoms with Crippen LogP contribution in [0.5, 0.6) is 0 Å². The molecule has 1 unspecified atom stereocenters. The Morgan fingerprint density at radius 3 is 2.05 bits per heavy atom. The zero-order chi connectivity index (χ0) is 52.9. The van der Waals surface area contributed by atoms with Crippen molar-refractivity contribution in [3.05, 3.63) is 167 Å². The van der Waals surface area contributed by atoms with Gasteiger partial charge in [0, 0.05) is 54.4 Å². The van der Waals surface area contributed by atoms with Gasteiger partial charge in [-0.1, -0.05) is 102 Å². The lowest BCUT2D eigenvalue weighted by molar-refractivity contribution is -0.139. The molecular weight excluding hydrogens is 1030 g/mol. The fraction of sp³-hybridized carbons (Fsp3) is 0.278. The number of amides is 2. The average molecular weight is 1080 g/mol. The van der Waals surface area contributed by atoms with Gasteiger partial charge in [0.1, 0.15) is 11.8 Å². The molecule has 7 N–H and O–H groups in total. The first-order valence-electron chi connectivity index (χ1n) is 23.9. The Balaban J connectivity index is 0.966. The molecule has 384 valence electrons. The van der Waals surface area contributed by atoms with E-state index in [1.165, 1.54) is 18.3 Å². The average Bonchev–Trinajstić information content (AvgIpc) is 3.37. The third-order valence-electron chi connectivity index (χ3n) is 12.3. The SMILES string of the molecule is CCCC(CCCC(=O)CC[C@@H](NC(=O)c1ccc(NCc2cnc3c(=O)[nH]c(N)nc3n2)cc1)C(=O)O)N[C@H](Cc1ccccc1)C(=O)N1C/C(=C\c2ccc(Cl)c(Cl)c2)C(=O)/C(=C/c2ccc(Cl)c(Cl)c2)C1. The molecule has 6 aromatic rings. The summed E-state index contributed by atoms with van der Waals surface area (Å²) in [6.45, 7) is 2.32. The number of nitrogens with one attached hydrogen (secondary N) is 4. The molecule has 0 aliphatic carbocycles. The van der Waals surface area contributed by atoms with Gasteiger partial charge >= 0.3 is 5.97 Å². The van der Waals surface area contributed by atoms with Gasteiger partial charge in [-0.05, 0) is 109 Å². The van der Waals surface area contributed by atoms with E-state index in [9.17, 15) is 33.9 Å². The molecule has 3 atom stereocenters. The van der Waals surface area contributed by atoms with Crippen molar-refractivity contribution in [2.75, 3.05) is 24.1 Å². The van der Waals surface area contributed by atoms with E-state index in [1.54, 1.807) is 65.6 Å². The number of halogens is 4. The third kappa shape index (κ3) is 15.1. The number of carboxylic acids is 1. The Kier molecular flexibility index (Phi) is 19.1. The van der Waals surface area contributed by atoms with Crippen LogP contribution < -0.4 is 27.2 Å². The minimum absolute atomic E-state index is 0.0311. The van der Waals surface area contributed by atoms with Crippen molar-refractivity contribution in [2.45, 2.75) is 83.0 Å². The maximum atomic E-state index is 14.9. The van der Waals surface area contributed by atoms with E-state index in [1.807, 2.05) is 37.3 Å². The smallest absolute Gasteiger partial charge is 0.326 e. The summed E-state index contributed by atoms with van der Waals surface area (Å²) in [7, 11) is 0. The van der Waals surface area contributed by atoms with Crippen LogP contribution in [0.3, 0.4) is 0 Å². The number of rotatable bonds is 22. The van der Waals surface area contributed by atoms with Crippen molar-refractivity contribution in [1.29, 1.82) is 0 Å². The zero-order valence-electron chi connectivity index (χ0n) is 40.2. The highest BCUT2D eigenvalue weighted by atomic mass is 35.5. The van der Waals surface area contributed by atoms with Crippen LogP contribution in [0.25, 0.3) is 23.3 Å². The molecule has 74 heavy (non-hydrogen) atoms. The molecule has 7 rings (SSSR count). The van der Waals surface area contributed by atoms with Gasteiger partial charge in [-0.3, -0.25) is 29.0 Å². The molecule has 2 aromatic heterocycles. The number of carboxylic acid groups (broad SMARTS) is 1. The molecular formula is C54H53Cl4N9O7. The number of Topliss-reactive ketones (excluding diaryl/α,β-unsaturated/α-hetero) is 2. The molecule has 1 saturated heterocycles. The van der Waals surface area contributed by atoms with E-state index in [4.69, 9.17) is 52.1 Å². The first kappa shape index (κ1) is 54.8. The summed E-state index contributed by atoms with van der Waals surface area (Å²) in [5.41, 5.74) is 9.57. The fourth-order valence-corrected chi connectivity index (χ4v) is 9.11. The Labute approximate surface area is 446 Å². The van der Waals surface area contributed by atoms with E-state index < -0.39 is 29.5 Å². The first-order valence-corrected chi connectivity index (χ1v) is 25.4. The summed E-state index contributed by atoms with van der Waals surface area (Å²) >= 11 is 25.1. The minimum Gasteiger partial charge on any atom is -0.480 e. The molecule has 20 heteroatoms. The second kappa shape index (κ2) is 25.8. The van der Waals surface area contributed by atoms with Crippen LogP contribution in [0, 0.1) is 0 Å². The van der Waals surface area contributed by atoms with Crippen LogP contribution in [0.4, 0.5) is 11.6 Å². The number of aliphatic carboxylic acids is 1. The van der Waals surface area contributed by atoms with Crippen molar-refractivity contribution >= 4 is 111 Å². The van der Waals surface area contributed by atoms with E-state index in [0.717, 1.165) is 12.0 Å². The number of hydrogen-bond donors (Lipinski definition) is 6. The van der Waals surface area contributed by atoms with Crippen molar-refractivity contribution in [3.8, 4) is 0 Å². The number of hydrogen-bond acceptors (Lipinski definition) is 12. The summed E-state index contributed by atoms with van der Waals surface area (Å²) in [6, 6.07) is 23.9. The quantitative estimate of drug-likeness (QED) is 0.0348. The van der Waals surface area contributed by atoms with Crippen LogP contribution in [0.2, 0.25) is 20.1 Å². The van der Waals surface area contributed by atoms with Gasteiger partial charge in [0.2, 0.25) is 11.9 Å². The van der Waals surface area contributed by atoms with Crippen LogP contribution in [0.1, 0.15) is 84.6 Å². The highest BCUT2D eigenvalue weighted by molar-refractivity contribution is 6.42. The lowest BCUT2D eigenvalue weighted by atomic mass is 9.93. The number of carbonyl (C=O) groups is 5. The molecule has 0 saturated carbocycles. The maximum absolute atomic E-state index is 14.9. The van der Waals surface area contributed by atoms with Gasteiger partial charge in [0.25, 0.3) is 11.5 Å². The second-order valence-electron chi connectivity index (χ2n) is 17.9. The highest BCUT2D eigenvalue weighted by Crippen LogP contribution is 2.29. The molecule has 4 aromatic carbocycles. The molecule has 2 amide bonds. The largest absolute Gasteiger partial charge is 0.480 e. The van der Waals surface area contributed by atoms with Crippen molar-refractivity contribution in [3.63, 3.8) is 0 Å². The summed E-state index contributed by atoms with van der Waals surface area (Å²) in [4.78, 5) is 96.2. The molecule has 1 fully saturated rings. The number of benzene rings is 4. The number of nitrogen functional groups attached to an aromatic ring is 1. The highest BCUT2D eigenvalue weighted by Gasteiger charge is 2.34. The summed E-state index contributed by atoms with van der Waals surface area (Å²) in [6.07, 6.45) is 7.72. The molecule has 0 spiro atoms. The molecule has 1 aliphatic heterocycles. The van der Waals surface area contributed by atoms with Gasteiger partial charge in [0.15, 0.2) is 16.9 Å². The number of aromatic nitrogens is 4. The third-order valence-corrected chi connectivity index (χ3v) is 13.8. The normalized spacial score (nSPS) is 15.0. The van der Waals surface area contributed by atoms with E-state index in [0.29, 0.717) is 79.4 Å². The first-order chi connectivity index (χ1) is 35.5. The standard InChI is InChI=1S/C54H53Cl4N9O7/c1-2-7-38(10-6-11-40(68)18-21-45(53(73)74)64-50(70)34-14-16-37(17-15-34)60-27-39-28-61-47-49(63-39)65-54(59)66-51(47)71)62-46(26-31-8-4-3-5-9-31)52(72)67-29-35(22-32-12-19-41(55)43(57)24-32)48(69)36(30-67)23-33-13-20-42(56)44(58)25-33/h3-5,8-9,12-17,19-20,22-25,28,38,45-46,60,62H,2,6-7,10-11,18,21,26-27,29-30H2,1H3,(H,64,70)(H,73,74)(H3,59,63,65,66,71)/b35-22+,36-23+/t38?,45-,46-/m1/s1. The lowest BCUT2D eigenvalue weighted by Crippen LogP contribution is -2.53. The number of aromatic amines is 1. The number of carbonyl (C=O) groups excluding carboxylic acids is 4. The Morgan fingerprint density at radius 1 is 0.797 bits per heavy atom. The van der Waals surface area contributed by atoms with Crippen molar-refractivity contribution < 1.29 is 29.1 Å². The van der Waals surface area contributed by atoms with Gasteiger partial charge in [-0.2, -0.15) is 4.98 Å².